The van der Waals surface area contributed by atoms with E-state index in [1.807, 2.05) is 45.9 Å². The first kappa shape index (κ1) is 31.3. The highest BCUT2D eigenvalue weighted by molar-refractivity contribution is 8.76. The average molecular weight is 529 g/mol. The highest BCUT2D eigenvalue weighted by Gasteiger charge is 2.46. The molecule has 0 bridgehead atoms. The molecule has 198 valence electrons. The van der Waals surface area contributed by atoms with Gasteiger partial charge in [-0.2, -0.15) is 0 Å². The summed E-state index contributed by atoms with van der Waals surface area (Å²) >= 11 is 0. The Morgan fingerprint density at radius 1 is 1.11 bits per heavy atom. The van der Waals surface area contributed by atoms with Crippen molar-refractivity contribution in [3.63, 3.8) is 0 Å². The van der Waals surface area contributed by atoms with Crippen molar-refractivity contribution in [2.45, 2.75) is 71.9 Å². The van der Waals surface area contributed by atoms with Gasteiger partial charge in [0, 0.05) is 23.4 Å². The molecule has 8 nitrogen and oxygen atoms in total. The van der Waals surface area contributed by atoms with Crippen LogP contribution in [0.5, 0.6) is 0 Å². The van der Waals surface area contributed by atoms with Gasteiger partial charge >= 0.3 is 11.9 Å². The summed E-state index contributed by atoms with van der Waals surface area (Å²) in [4.78, 5) is 42.9. The van der Waals surface area contributed by atoms with Crippen LogP contribution in [0.3, 0.4) is 0 Å². The summed E-state index contributed by atoms with van der Waals surface area (Å²) in [5, 5.41) is 12.9. The number of hydrogen-bond acceptors (Lipinski definition) is 9. The smallest absolute Gasteiger partial charge is 0.311 e. The molecule has 0 saturated carbocycles. The molecule has 1 aromatic rings. The number of pyridine rings is 1. The van der Waals surface area contributed by atoms with E-state index in [9.17, 15) is 14.4 Å². The Morgan fingerprint density at radius 2 is 1.83 bits per heavy atom. The van der Waals surface area contributed by atoms with Crippen LogP contribution in [-0.2, 0) is 23.9 Å². The lowest BCUT2D eigenvalue weighted by atomic mass is 9.67. The molecule has 0 aromatic carbocycles. The molecule has 0 spiro atoms. The summed E-state index contributed by atoms with van der Waals surface area (Å²) in [7, 11) is 3.05. The fourth-order valence-corrected chi connectivity index (χ4v) is 5.49. The highest BCUT2D eigenvalue weighted by Crippen LogP contribution is 2.42. The van der Waals surface area contributed by atoms with Crippen LogP contribution in [0.2, 0.25) is 0 Å². The Morgan fingerprint density at radius 3 is 2.40 bits per heavy atom. The average Bonchev–Trinajstić information content (AvgIpc) is 2.82. The number of aliphatic hydroxyl groups is 1. The van der Waals surface area contributed by atoms with Gasteiger partial charge in [0.05, 0.1) is 17.9 Å². The number of hydrogen-bond donors (Lipinski definition) is 2. The molecular formula is C25H40N2O6S2. The molecule has 0 aliphatic heterocycles. The van der Waals surface area contributed by atoms with Crippen molar-refractivity contribution in [2.24, 2.45) is 16.7 Å². The molecular weight excluding hydrogens is 488 g/mol. The second-order valence-electron chi connectivity index (χ2n) is 9.49. The number of amides is 1. The maximum absolute atomic E-state index is 13.0. The molecule has 10 heteroatoms. The normalized spacial score (nSPS) is 15.5. The zero-order valence-electron chi connectivity index (χ0n) is 21.7. The van der Waals surface area contributed by atoms with Crippen molar-refractivity contribution in [3.8, 4) is 0 Å². The minimum absolute atomic E-state index is 0.0384. The number of carbonyl (C=O) groups excluding carboxylic acids is 3. The van der Waals surface area contributed by atoms with Gasteiger partial charge in [-0.1, -0.05) is 37.6 Å². The second kappa shape index (κ2) is 15.4. The van der Waals surface area contributed by atoms with Gasteiger partial charge in [0.25, 0.3) is 0 Å². The number of rotatable bonds is 16. The van der Waals surface area contributed by atoms with Gasteiger partial charge < -0.3 is 19.9 Å². The molecule has 0 fully saturated rings. The van der Waals surface area contributed by atoms with Gasteiger partial charge in [-0.15, -0.1) is 0 Å². The summed E-state index contributed by atoms with van der Waals surface area (Å²) in [6, 6.07) is 5.64. The zero-order valence-corrected chi connectivity index (χ0v) is 23.3. The molecule has 35 heavy (non-hydrogen) atoms. The predicted octanol–water partition coefficient (Wildman–Crippen LogP) is 4.26. The Balaban J connectivity index is 2.79. The third kappa shape index (κ3) is 10.8. The molecule has 1 rings (SSSR count). The van der Waals surface area contributed by atoms with E-state index < -0.39 is 28.7 Å². The molecule has 1 aromatic heterocycles. The first-order valence-electron chi connectivity index (χ1n) is 11.9. The van der Waals surface area contributed by atoms with Crippen LogP contribution < -0.4 is 5.32 Å². The van der Waals surface area contributed by atoms with Crippen molar-refractivity contribution in [1.82, 2.24) is 10.3 Å². The van der Waals surface area contributed by atoms with Crippen molar-refractivity contribution in [2.75, 3.05) is 25.6 Å². The quantitative estimate of drug-likeness (QED) is 0.184. The number of nitrogens with zero attached hydrogens (tertiary/aromatic N) is 1. The van der Waals surface area contributed by atoms with Gasteiger partial charge in [0.1, 0.15) is 18.2 Å². The van der Waals surface area contributed by atoms with E-state index in [1.165, 1.54) is 10.8 Å². The van der Waals surface area contributed by atoms with E-state index in [0.29, 0.717) is 12.2 Å². The Hall–Kier alpha value is -1.78. The van der Waals surface area contributed by atoms with E-state index in [-0.39, 0.29) is 44.6 Å². The zero-order chi connectivity index (χ0) is 26.5. The third-order valence-electron chi connectivity index (χ3n) is 5.70. The predicted molar refractivity (Wildman–Crippen MR) is 140 cm³/mol. The van der Waals surface area contributed by atoms with Crippen LogP contribution in [0.15, 0.2) is 29.4 Å². The number of aliphatic hydroxyl groups excluding tert-OH is 1. The maximum Gasteiger partial charge on any atom is 0.311 e. The molecule has 0 radical (unpaired) electrons. The number of nitrogens with one attached hydrogen (secondary N) is 1. The fraction of sp³-hybridized carbons (Fsp3) is 0.680. The van der Waals surface area contributed by atoms with Gasteiger partial charge in [-0.05, 0) is 63.0 Å². The molecule has 3 atom stereocenters. The topological polar surface area (TPSA) is 115 Å². The van der Waals surface area contributed by atoms with Crippen LogP contribution in [0, 0.1) is 16.7 Å². The van der Waals surface area contributed by atoms with Crippen LogP contribution in [0.4, 0.5) is 0 Å². The van der Waals surface area contributed by atoms with Gasteiger partial charge in [0.15, 0.2) is 0 Å². The largest absolute Gasteiger partial charge is 0.465 e. The minimum atomic E-state index is -1.11. The standard InChI is InChI=1S/C25H40N2O6S2/c1-7-24(5,22(30)27-18(2)3)17-25(6,23(31)33-13-12-28)16-19(4)21(29)32-14-15-34-35-20-10-8-9-11-26-20/h8-11,18-19,28H,7,12-17H2,1-6H3,(H,27,30). The highest BCUT2D eigenvalue weighted by atomic mass is 33.1. The summed E-state index contributed by atoms with van der Waals surface area (Å²) in [6.07, 6.45) is 2.60. The first-order chi connectivity index (χ1) is 16.5. The number of carbonyl (C=O) groups is 3. The lowest BCUT2D eigenvalue weighted by Crippen LogP contribution is -2.47. The van der Waals surface area contributed by atoms with Gasteiger partial charge in [-0.25, -0.2) is 4.98 Å². The summed E-state index contributed by atoms with van der Waals surface area (Å²) in [5.74, 6) is -1.07. The minimum Gasteiger partial charge on any atom is -0.465 e. The van der Waals surface area contributed by atoms with Crippen LogP contribution in [0.1, 0.15) is 60.8 Å². The van der Waals surface area contributed by atoms with Crippen molar-refractivity contribution in [3.05, 3.63) is 24.4 Å². The van der Waals surface area contributed by atoms with E-state index >= 15 is 0 Å². The Kier molecular flexibility index (Phi) is 13.7. The monoisotopic (exact) mass is 528 g/mol. The molecule has 0 aliphatic rings. The first-order valence-corrected chi connectivity index (χ1v) is 14.3. The molecule has 0 saturated heterocycles. The Bertz CT molecular complexity index is 810. The SMILES string of the molecule is CCC(C)(CC(C)(CC(C)C(=O)OCCSSc1ccccn1)C(=O)OCCO)C(=O)NC(C)C. The summed E-state index contributed by atoms with van der Waals surface area (Å²) < 4.78 is 10.7. The van der Waals surface area contributed by atoms with Gasteiger partial charge in [-0.3, -0.25) is 14.4 Å². The van der Waals surface area contributed by atoms with Crippen molar-refractivity contribution < 1.29 is 29.0 Å². The fourth-order valence-electron chi connectivity index (χ4n) is 3.78. The maximum atomic E-state index is 13.0. The second-order valence-corrected chi connectivity index (χ2v) is 11.9. The molecule has 2 N–H and O–H groups in total. The number of ether oxygens (including phenoxy) is 2. The Labute approximate surface area is 217 Å². The number of esters is 2. The summed E-state index contributed by atoms with van der Waals surface area (Å²) in [6.45, 7) is 10.7. The summed E-state index contributed by atoms with van der Waals surface area (Å²) in [5.41, 5.74) is -1.95. The third-order valence-corrected chi connectivity index (χ3v) is 7.93. The van der Waals surface area contributed by atoms with Gasteiger partial charge in [0.2, 0.25) is 5.91 Å². The molecule has 3 unspecified atom stereocenters. The van der Waals surface area contributed by atoms with Crippen LogP contribution in [0.25, 0.3) is 0 Å². The van der Waals surface area contributed by atoms with E-state index in [4.69, 9.17) is 14.6 Å². The van der Waals surface area contributed by atoms with E-state index in [0.717, 1.165) is 5.03 Å². The lowest BCUT2D eigenvalue weighted by molar-refractivity contribution is -0.162. The molecule has 0 aliphatic carbocycles. The van der Waals surface area contributed by atoms with Crippen LogP contribution >= 0.6 is 21.6 Å². The number of aromatic nitrogens is 1. The van der Waals surface area contributed by atoms with E-state index in [2.05, 4.69) is 10.3 Å². The lowest BCUT2D eigenvalue weighted by Gasteiger charge is -2.38. The van der Waals surface area contributed by atoms with E-state index in [1.54, 1.807) is 30.8 Å². The van der Waals surface area contributed by atoms with Crippen molar-refractivity contribution in [1.29, 1.82) is 0 Å². The van der Waals surface area contributed by atoms with Crippen molar-refractivity contribution >= 4 is 39.4 Å². The van der Waals surface area contributed by atoms with Crippen LogP contribution in [-0.4, -0.2) is 59.6 Å². The molecule has 1 amide bonds. The molecule has 1 heterocycles.